The maximum absolute atomic E-state index is 13.2. The second-order valence-electron chi connectivity index (χ2n) is 7.87. The van der Waals surface area contributed by atoms with E-state index in [2.05, 4.69) is 19.9 Å². The van der Waals surface area contributed by atoms with E-state index in [1.165, 1.54) is 0 Å². The fourth-order valence-electron chi connectivity index (χ4n) is 3.76. The number of hydrogen-bond acceptors (Lipinski definition) is 8. The summed E-state index contributed by atoms with van der Waals surface area (Å²) in [6.07, 6.45) is 0. The van der Waals surface area contributed by atoms with Crippen LogP contribution in [-0.4, -0.2) is 72.8 Å². The summed E-state index contributed by atoms with van der Waals surface area (Å²) in [5.41, 5.74) is 5.85. The zero-order chi connectivity index (χ0) is 22.2. The fraction of sp³-hybridized carbons (Fsp3) is 0.381. The highest BCUT2D eigenvalue weighted by atomic mass is 32.2. The predicted octanol–water partition coefficient (Wildman–Crippen LogP) is 1.74. The summed E-state index contributed by atoms with van der Waals surface area (Å²) in [5.74, 6) is 1.27. The van der Waals surface area contributed by atoms with Crippen molar-refractivity contribution in [2.75, 3.05) is 50.9 Å². The lowest BCUT2D eigenvalue weighted by molar-refractivity contribution is 0.141. The number of aromatic nitrogens is 3. The van der Waals surface area contributed by atoms with E-state index < -0.39 is 10.0 Å². The summed E-state index contributed by atoms with van der Waals surface area (Å²) in [4.78, 5) is 17.2. The third-order valence-corrected chi connectivity index (χ3v) is 7.51. The Kier molecular flexibility index (Phi) is 5.78. The molecular formula is C21H27N7O2S. The summed E-state index contributed by atoms with van der Waals surface area (Å²) < 4.78 is 27.9. The maximum atomic E-state index is 13.2. The van der Waals surface area contributed by atoms with E-state index in [4.69, 9.17) is 5.73 Å². The normalized spacial score (nSPS) is 17.0. The fourth-order valence-corrected chi connectivity index (χ4v) is 5.21. The summed E-state index contributed by atoms with van der Waals surface area (Å²) in [7, 11) is 0.141. The Bertz CT molecular complexity index is 1190. The number of nitrogens with zero attached hydrogens (tertiary/aromatic N) is 6. The second-order valence-corrected chi connectivity index (χ2v) is 9.81. The van der Waals surface area contributed by atoms with Crippen molar-refractivity contribution in [3.05, 3.63) is 48.3 Å². The smallest absolute Gasteiger partial charge is 0.243 e. The number of nitrogens with two attached hydrogens (primary N) is 1. The molecule has 0 aliphatic carbocycles. The van der Waals surface area contributed by atoms with Gasteiger partial charge < -0.3 is 10.6 Å². The van der Waals surface area contributed by atoms with Gasteiger partial charge >= 0.3 is 0 Å². The van der Waals surface area contributed by atoms with Crippen LogP contribution in [0.15, 0.2) is 47.4 Å². The first-order valence-electron chi connectivity index (χ1n) is 10.2. The van der Waals surface area contributed by atoms with Crippen molar-refractivity contribution in [2.45, 2.75) is 17.9 Å². The van der Waals surface area contributed by atoms with Crippen molar-refractivity contribution in [3.8, 4) is 0 Å². The lowest BCUT2D eigenvalue weighted by Crippen LogP contribution is -2.49. The van der Waals surface area contributed by atoms with Gasteiger partial charge in [0.05, 0.1) is 10.9 Å². The molecule has 1 fully saturated rings. The Labute approximate surface area is 182 Å². The van der Waals surface area contributed by atoms with Gasteiger partial charge in [0.25, 0.3) is 0 Å². The Morgan fingerprint density at radius 2 is 1.65 bits per heavy atom. The van der Waals surface area contributed by atoms with Crippen LogP contribution in [0, 0.1) is 0 Å². The van der Waals surface area contributed by atoms with Gasteiger partial charge in [-0.1, -0.05) is 30.3 Å². The van der Waals surface area contributed by atoms with Crippen LogP contribution in [0.5, 0.6) is 0 Å². The number of nitrogen functional groups attached to an aromatic ring is 1. The van der Waals surface area contributed by atoms with E-state index in [0.29, 0.717) is 42.8 Å². The molecule has 31 heavy (non-hydrogen) atoms. The molecule has 0 spiro atoms. The molecule has 0 saturated carbocycles. The highest BCUT2D eigenvalue weighted by Gasteiger charge is 2.31. The zero-order valence-electron chi connectivity index (χ0n) is 17.9. The average Bonchev–Trinajstić information content (AvgIpc) is 2.77. The number of fused-ring (bicyclic) bond motifs is 1. The molecule has 3 aromatic rings. The number of hydrogen-bond donors (Lipinski definition) is 1. The lowest BCUT2D eigenvalue weighted by Gasteiger charge is -2.36. The number of benzene rings is 2. The van der Waals surface area contributed by atoms with E-state index in [0.717, 1.165) is 10.8 Å². The molecule has 0 bridgehead atoms. The van der Waals surface area contributed by atoms with Crippen LogP contribution in [0.2, 0.25) is 0 Å². The molecule has 2 heterocycles. The van der Waals surface area contributed by atoms with Crippen LogP contribution in [-0.2, 0) is 10.0 Å². The molecule has 2 aromatic carbocycles. The highest BCUT2D eigenvalue weighted by Crippen LogP contribution is 2.25. The van der Waals surface area contributed by atoms with Crippen molar-refractivity contribution in [3.63, 3.8) is 0 Å². The van der Waals surface area contributed by atoms with Gasteiger partial charge in [0.15, 0.2) is 5.82 Å². The molecule has 1 atom stereocenters. The maximum Gasteiger partial charge on any atom is 0.243 e. The van der Waals surface area contributed by atoms with Crippen molar-refractivity contribution >= 4 is 32.7 Å². The van der Waals surface area contributed by atoms with Crippen LogP contribution in [0.25, 0.3) is 10.8 Å². The standard InChI is InChI=1S/C21H27N7O2S/c1-15(19-23-20(22)25-21(24-19)26(2)3)27-10-12-28(13-11-27)31(29,30)18-9-8-16-6-4-5-7-17(16)14-18/h4-9,14-15H,10-13H2,1-3H3,(H2,22,23,24,25)/t15-/m1/s1. The molecule has 1 aliphatic heterocycles. The molecule has 0 unspecified atom stereocenters. The number of anilines is 2. The van der Waals surface area contributed by atoms with Gasteiger partial charge in [-0.25, -0.2) is 8.42 Å². The topological polar surface area (TPSA) is 109 Å². The molecule has 0 amide bonds. The van der Waals surface area contributed by atoms with E-state index >= 15 is 0 Å². The minimum atomic E-state index is -3.55. The summed E-state index contributed by atoms with van der Waals surface area (Å²) in [6.45, 7) is 3.97. The van der Waals surface area contributed by atoms with E-state index in [-0.39, 0.29) is 12.0 Å². The Balaban J connectivity index is 1.48. The minimum absolute atomic E-state index is 0.102. The SMILES string of the molecule is C[C@H](c1nc(N)nc(N(C)C)n1)N1CCN(S(=O)(=O)c2ccc3ccccc3c2)CC1. The van der Waals surface area contributed by atoms with Crippen molar-refractivity contribution in [2.24, 2.45) is 0 Å². The molecule has 164 valence electrons. The quantitative estimate of drug-likeness (QED) is 0.638. The van der Waals surface area contributed by atoms with E-state index in [1.807, 2.05) is 51.4 Å². The van der Waals surface area contributed by atoms with Gasteiger partial charge in [-0.05, 0) is 29.8 Å². The molecule has 9 nitrogen and oxygen atoms in total. The minimum Gasteiger partial charge on any atom is -0.368 e. The molecule has 4 rings (SSSR count). The Morgan fingerprint density at radius 3 is 2.32 bits per heavy atom. The highest BCUT2D eigenvalue weighted by molar-refractivity contribution is 7.89. The summed E-state index contributed by atoms with van der Waals surface area (Å²) in [5, 5.41) is 1.94. The summed E-state index contributed by atoms with van der Waals surface area (Å²) >= 11 is 0. The van der Waals surface area contributed by atoms with Crippen molar-refractivity contribution in [1.29, 1.82) is 0 Å². The first-order valence-corrected chi connectivity index (χ1v) is 11.6. The zero-order valence-corrected chi connectivity index (χ0v) is 18.7. The van der Waals surface area contributed by atoms with Crippen LogP contribution in [0.1, 0.15) is 18.8 Å². The van der Waals surface area contributed by atoms with E-state index in [9.17, 15) is 8.42 Å². The third kappa shape index (κ3) is 4.32. The van der Waals surface area contributed by atoms with Crippen LogP contribution >= 0.6 is 0 Å². The van der Waals surface area contributed by atoms with Gasteiger partial charge in [0, 0.05) is 40.3 Å². The van der Waals surface area contributed by atoms with Crippen LogP contribution in [0.4, 0.5) is 11.9 Å². The lowest BCUT2D eigenvalue weighted by atomic mass is 10.1. The second kappa shape index (κ2) is 8.37. The molecular weight excluding hydrogens is 414 g/mol. The van der Waals surface area contributed by atoms with Gasteiger partial charge in [-0.15, -0.1) is 0 Å². The van der Waals surface area contributed by atoms with E-state index in [1.54, 1.807) is 21.3 Å². The van der Waals surface area contributed by atoms with Crippen LogP contribution in [0.3, 0.4) is 0 Å². The molecule has 10 heteroatoms. The predicted molar refractivity (Wildman–Crippen MR) is 121 cm³/mol. The average molecular weight is 442 g/mol. The largest absolute Gasteiger partial charge is 0.368 e. The molecule has 1 aliphatic rings. The molecule has 1 saturated heterocycles. The third-order valence-electron chi connectivity index (χ3n) is 5.61. The van der Waals surface area contributed by atoms with Gasteiger partial charge in [0.2, 0.25) is 21.9 Å². The molecule has 1 aromatic heterocycles. The number of rotatable bonds is 5. The Morgan fingerprint density at radius 1 is 0.968 bits per heavy atom. The number of piperazine rings is 1. The monoisotopic (exact) mass is 441 g/mol. The number of sulfonamides is 1. The van der Waals surface area contributed by atoms with Gasteiger partial charge in [-0.3, -0.25) is 4.90 Å². The molecule has 0 radical (unpaired) electrons. The molecule has 2 N–H and O–H groups in total. The van der Waals surface area contributed by atoms with Gasteiger partial charge in [0.1, 0.15) is 0 Å². The van der Waals surface area contributed by atoms with Gasteiger partial charge in [-0.2, -0.15) is 19.3 Å². The first kappa shape index (κ1) is 21.4. The first-order chi connectivity index (χ1) is 14.8. The van der Waals surface area contributed by atoms with Crippen molar-refractivity contribution < 1.29 is 8.42 Å². The van der Waals surface area contributed by atoms with Crippen LogP contribution < -0.4 is 10.6 Å². The van der Waals surface area contributed by atoms with Crippen molar-refractivity contribution in [1.82, 2.24) is 24.2 Å². The summed E-state index contributed by atoms with van der Waals surface area (Å²) in [6, 6.07) is 12.9. The Hall–Kier alpha value is -2.82.